The summed E-state index contributed by atoms with van der Waals surface area (Å²) in [5.74, 6) is 0. The molecule has 0 fully saturated rings. The summed E-state index contributed by atoms with van der Waals surface area (Å²) in [7, 11) is 0. The van der Waals surface area contributed by atoms with E-state index in [0.717, 1.165) is 0 Å². The van der Waals surface area contributed by atoms with Crippen LogP contribution in [0.5, 0.6) is 0 Å². The molecular formula is CuS4W. The van der Waals surface area contributed by atoms with Crippen LogP contribution in [0.2, 0.25) is 0 Å². The Balaban J connectivity index is 0. The fourth-order valence-corrected chi connectivity index (χ4v) is 0. The van der Waals surface area contributed by atoms with Crippen molar-refractivity contribution < 1.29 is 38.1 Å². The monoisotopic (exact) mass is 375 g/mol. The molecule has 0 aromatic heterocycles. The first-order valence-corrected chi connectivity index (χ1v) is 0. The third-order valence-electron chi connectivity index (χ3n) is 0. The van der Waals surface area contributed by atoms with E-state index in [1.165, 1.54) is 0 Å². The van der Waals surface area contributed by atoms with Crippen LogP contribution in [0, 0.1) is 0 Å². The van der Waals surface area contributed by atoms with Crippen LogP contribution < -0.4 is 0 Å². The molecule has 0 aromatic rings. The molecule has 0 saturated carbocycles. The second-order valence-electron chi connectivity index (χ2n) is 0. The van der Waals surface area contributed by atoms with Crippen molar-refractivity contribution in [2.24, 2.45) is 0 Å². The molecule has 0 aliphatic carbocycles. The van der Waals surface area contributed by atoms with Gasteiger partial charge in [-0.1, -0.05) is 0 Å². The molecular weight excluding hydrogens is 376 g/mol. The Kier molecular flexibility index (Phi) is 596. The molecule has 6 heteroatoms. The van der Waals surface area contributed by atoms with Gasteiger partial charge in [-0.15, -0.1) is 0 Å². The van der Waals surface area contributed by atoms with Crippen molar-refractivity contribution in [3.63, 3.8) is 0 Å². The van der Waals surface area contributed by atoms with Gasteiger partial charge in [-0.25, -0.2) is 0 Å². The Hall–Kier alpha value is 2.61. The second kappa shape index (κ2) is 48.8. The fraction of sp³-hybridized carbons (Fsp3) is 0. The van der Waals surface area contributed by atoms with Gasteiger partial charge in [0.2, 0.25) is 0 Å². The van der Waals surface area contributed by atoms with Crippen LogP contribution in [-0.2, 0) is 92.1 Å². The number of hydrogen-bond acceptors (Lipinski definition) is 0. The standard InChI is InChI=1S/Cu.4S.W/q+2;4*-2;+6. The van der Waals surface area contributed by atoms with E-state index >= 15 is 0 Å². The quantitative estimate of drug-likeness (QED) is 0.522. The van der Waals surface area contributed by atoms with Gasteiger partial charge in [-0.2, -0.15) is 0 Å². The smallest absolute Gasteiger partial charge is 2.00 e. The van der Waals surface area contributed by atoms with Gasteiger partial charge in [-0.05, 0) is 0 Å². The predicted molar refractivity (Wildman–Crippen MR) is 29.5 cm³/mol. The summed E-state index contributed by atoms with van der Waals surface area (Å²) >= 11 is 0. The van der Waals surface area contributed by atoms with Gasteiger partial charge in [0.15, 0.2) is 0 Å². The maximum atomic E-state index is 0. The molecule has 0 N–H and O–H groups in total. The molecule has 0 unspecified atom stereocenters. The van der Waals surface area contributed by atoms with Gasteiger partial charge in [-0.3, -0.25) is 0 Å². The summed E-state index contributed by atoms with van der Waals surface area (Å²) in [4.78, 5) is 0. The molecule has 1 radical (unpaired) electrons. The summed E-state index contributed by atoms with van der Waals surface area (Å²) in [6.07, 6.45) is 0. The molecule has 0 spiro atoms. The zero-order chi connectivity index (χ0) is 0. The van der Waals surface area contributed by atoms with E-state index in [4.69, 9.17) is 0 Å². The first-order valence-electron chi connectivity index (χ1n) is 0. The molecule has 0 rings (SSSR count). The average Bonchev–Trinajstić information content (AvgIpc) is 0. The van der Waals surface area contributed by atoms with E-state index in [0.29, 0.717) is 0 Å². The van der Waals surface area contributed by atoms with Gasteiger partial charge in [0.05, 0.1) is 0 Å². The molecule has 0 amide bonds. The molecule has 0 aromatic carbocycles. The molecule has 0 heterocycles. The van der Waals surface area contributed by atoms with Crippen LogP contribution in [0.4, 0.5) is 0 Å². The Labute approximate surface area is 91.1 Å². The Morgan fingerprint density at radius 3 is 0.500 bits per heavy atom. The maximum Gasteiger partial charge on any atom is 6.00 e. The second-order valence-corrected chi connectivity index (χ2v) is 0. The molecule has 0 saturated heterocycles. The number of hydrogen-bond donors (Lipinski definition) is 0. The third kappa shape index (κ3) is 30.6. The van der Waals surface area contributed by atoms with E-state index in [1.54, 1.807) is 0 Å². The summed E-state index contributed by atoms with van der Waals surface area (Å²) in [5, 5.41) is 0. The van der Waals surface area contributed by atoms with Crippen molar-refractivity contribution in [1.29, 1.82) is 0 Å². The zero-order valence-corrected chi connectivity index (χ0v) is 9.48. The SMILES string of the molecule is [Cu+2].[S-2].[S-2].[S-2].[S-2].[W+6]. The molecule has 41 valence electrons. The van der Waals surface area contributed by atoms with E-state index < -0.39 is 0 Å². The van der Waals surface area contributed by atoms with E-state index in [9.17, 15) is 0 Å². The van der Waals surface area contributed by atoms with Crippen molar-refractivity contribution in [2.75, 3.05) is 0 Å². The Morgan fingerprint density at radius 2 is 0.500 bits per heavy atom. The first-order chi connectivity index (χ1) is 0. The van der Waals surface area contributed by atoms with E-state index in [1.807, 2.05) is 0 Å². The molecule has 0 atom stereocenters. The van der Waals surface area contributed by atoms with Crippen molar-refractivity contribution in [3.8, 4) is 0 Å². The zero-order valence-electron chi connectivity index (χ0n) is 2.34. The van der Waals surface area contributed by atoms with Crippen molar-refractivity contribution in [1.82, 2.24) is 0 Å². The van der Waals surface area contributed by atoms with Crippen LogP contribution >= 0.6 is 0 Å². The van der Waals surface area contributed by atoms with Gasteiger partial charge in [0.1, 0.15) is 0 Å². The van der Waals surface area contributed by atoms with Crippen LogP contribution in [0.3, 0.4) is 0 Å². The summed E-state index contributed by atoms with van der Waals surface area (Å²) in [6, 6.07) is 0. The van der Waals surface area contributed by atoms with Crippen LogP contribution in [0.25, 0.3) is 0 Å². The van der Waals surface area contributed by atoms with Crippen molar-refractivity contribution in [2.45, 2.75) is 0 Å². The van der Waals surface area contributed by atoms with E-state index in [2.05, 4.69) is 0 Å². The minimum Gasteiger partial charge on any atom is -2.00 e. The molecule has 6 heavy (non-hydrogen) atoms. The first kappa shape index (κ1) is 73.3. The van der Waals surface area contributed by atoms with Crippen LogP contribution in [0.1, 0.15) is 0 Å². The summed E-state index contributed by atoms with van der Waals surface area (Å²) < 4.78 is 0. The van der Waals surface area contributed by atoms with Gasteiger partial charge >= 0.3 is 38.1 Å². The molecule has 0 bridgehead atoms. The van der Waals surface area contributed by atoms with Crippen molar-refractivity contribution >= 4 is 54.0 Å². The Bertz CT molecular complexity index is 7.51. The topological polar surface area (TPSA) is 0 Å². The molecule has 0 nitrogen and oxygen atoms in total. The average molecular weight is 376 g/mol. The fourth-order valence-electron chi connectivity index (χ4n) is 0. The van der Waals surface area contributed by atoms with Crippen molar-refractivity contribution in [3.05, 3.63) is 0 Å². The summed E-state index contributed by atoms with van der Waals surface area (Å²) in [6.45, 7) is 0. The number of rotatable bonds is 0. The normalized spacial score (nSPS) is 0. The molecule has 0 aliphatic rings. The van der Waals surface area contributed by atoms with E-state index in [-0.39, 0.29) is 92.1 Å². The summed E-state index contributed by atoms with van der Waals surface area (Å²) in [5.41, 5.74) is 0. The van der Waals surface area contributed by atoms with Crippen LogP contribution in [-0.4, -0.2) is 0 Å². The molecule has 0 aliphatic heterocycles. The van der Waals surface area contributed by atoms with Gasteiger partial charge in [0, 0.05) is 0 Å². The predicted octanol–water partition coefficient (Wildman–Crippen LogP) is -0.0146. The maximum absolute atomic E-state index is 0. The Morgan fingerprint density at radius 1 is 0.500 bits per heavy atom. The van der Waals surface area contributed by atoms with Gasteiger partial charge in [0.25, 0.3) is 0 Å². The van der Waals surface area contributed by atoms with Gasteiger partial charge < -0.3 is 54.0 Å². The minimum absolute atomic E-state index is 0. The van der Waals surface area contributed by atoms with Crippen LogP contribution in [0.15, 0.2) is 0 Å². The largest absolute Gasteiger partial charge is 6.00 e. The minimum atomic E-state index is 0. The third-order valence-corrected chi connectivity index (χ3v) is 0.